The van der Waals surface area contributed by atoms with Gasteiger partial charge in [0.1, 0.15) is 5.82 Å². The van der Waals surface area contributed by atoms with E-state index in [1.165, 1.54) is 12.4 Å². The summed E-state index contributed by atoms with van der Waals surface area (Å²) in [5.74, 6) is 0.599. The van der Waals surface area contributed by atoms with Crippen molar-refractivity contribution in [3.8, 4) is 5.75 Å². The van der Waals surface area contributed by atoms with Gasteiger partial charge in [0, 0.05) is 0 Å². The predicted octanol–water partition coefficient (Wildman–Crippen LogP) is 0.202. The van der Waals surface area contributed by atoms with Crippen molar-refractivity contribution in [1.29, 1.82) is 0 Å². The van der Waals surface area contributed by atoms with E-state index >= 15 is 0 Å². The molecule has 4 heteroatoms. The lowest BCUT2D eigenvalue weighted by atomic mass is 10.3. The van der Waals surface area contributed by atoms with Gasteiger partial charge in [0.05, 0.1) is 18.4 Å². The molecule has 0 aliphatic rings. The summed E-state index contributed by atoms with van der Waals surface area (Å²) in [4.78, 5) is 7.58. The maximum absolute atomic E-state index is 8.77. The van der Waals surface area contributed by atoms with E-state index in [0.29, 0.717) is 5.82 Å². The van der Waals surface area contributed by atoms with Gasteiger partial charge in [-0.25, -0.2) is 9.97 Å². The van der Waals surface area contributed by atoms with Crippen molar-refractivity contribution < 1.29 is 5.11 Å². The van der Waals surface area contributed by atoms with Gasteiger partial charge in [-0.05, 0) is 6.92 Å². The molecule has 1 atom stereocenters. The number of aromatic hydroxyl groups is 1. The van der Waals surface area contributed by atoms with Gasteiger partial charge >= 0.3 is 0 Å². The Morgan fingerprint density at radius 2 is 2.00 bits per heavy atom. The van der Waals surface area contributed by atoms with E-state index in [-0.39, 0.29) is 11.8 Å². The van der Waals surface area contributed by atoms with E-state index in [0.717, 1.165) is 0 Å². The second kappa shape index (κ2) is 2.62. The molecule has 54 valence electrons. The SMILES string of the molecule is CC(N)c1ncc(O)cn1. The van der Waals surface area contributed by atoms with Gasteiger partial charge in [-0.1, -0.05) is 0 Å². The third kappa shape index (κ3) is 1.41. The highest BCUT2D eigenvalue weighted by atomic mass is 16.3. The standard InChI is InChI=1S/C6H9N3O/c1-4(7)6-8-2-5(10)3-9-6/h2-4,10H,7H2,1H3. The van der Waals surface area contributed by atoms with Crippen molar-refractivity contribution in [3.05, 3.63) is 18.2 Å². The van der Waals surface area contributed by atoms with Gasteiger partial charge in [0.2, 0.25) is 0 Å². The van der Waals surface area contributed by atoms with Crippen molar-refractivity contribution in [2.45, 2.75) is 13.0 Å². The maximum atomic E-state index is 8.77. The Balaban J connectivity index is 2.89. The zero-order valence-electron chi connectivity index (χ0n) is 5.65. The number of hydrogen-bond acceptors (Lipinski definition) is 4. The maximum Gasteiger partial charge on any atom is 0.152 e. The van der Waals surface area contributed by atoms with Gasteiger partial charge in [-0.15, -0.1) is 0 Å². The molecule has 0 bridgehead atoms. The molecule has 1 heterocycles. The molecule has 0 saturated heterocycles. The Bertz CT molecular complexity index is 207. The van der Waals surface area contributed by atoms with Crippen molar-refractivity contribution in [2.24, 2.45) is 5.73 Å². The van der Waals surface area contributed by atoms with Crippen LogP contribution >= 0.6 is 0 Å². The number of nitrogens with two attached hydrogens (primary N) is 1. The smallest absolute Gasteiger partial charge is 0.152 e. The molecule has 1 unspecified atom stereocenters. The van der Waals surface area contributed by atoms with Crippen molar-refractivity contribution >= 4 is 0 Å². The van der Waals surface area contributed by atoms with E-state index in [4.69, 9.17) is 10.8 Å². The average Bonchev–Trinajstić information content (AvgIpc) is 1.88. The van der Waals surface area contributed by atoms with E-state index in [1.54, 1.807) is 6.92 Å². The van der Waals surface area contributed by atoms with Crippen LogP contribution in [-0.2, 0) is 0 Å². The molecule has 0 amide bonds. The lowest BCUT2D eigenvalue weighted by Crippen LogP contribution is -2.08. The summed E-state index contributed by atoms with van der Waals surface area (Å²) in [6.07, 6.45) is 2.65. The first kappa shape index (κ1) is 6.95. The summed E-state index contributed by atoms with van der Waals surface area (Å²) < 4.78 is 0. The zero-order valence-corrected chi connectivity index (χ0v) is 5.65. The fourth-order valence-corrected chi connectivity index (χ4v) is 0.566. The molecule has 0 aliphatic carbocycles. The summed E-state index contributed by atoms with van der Waals surface area (Å²) in [5.41, 5.74) is 5.46. The largest absolute Gasteiger partial charge is 0.505 e. The summed E-state index contributed by atoms with van der Waals surface area (Å²) in [7, 11) is 0. The lowest BCUT2D eigenvalue weighted by molar-refractivity contribution is 0.467. The molecular formula is C6H9N3O. The fourth-order valence-electron chi connectivity index (χ4n) is 0.566. The Labute approximate surface area is 58.7 Å². The van der Waals surface area contributed by atoms with E-state index in [1.807, 2.05) is 0 Å². The summed E-state index contributed by atoms with van der Waals surface area (Å²) in [6.45, 7) is 1.78. The monoisotopic (exact) mass is 139 g/mol. The van der Waals surface area contributed by atoms with E-state index in [2.05, 4.69) is 9.97 Å². The number of rotatable bonds is 1. The Kier molecular flexibility index (Phi) is 1.82. The highest BCUT2D eigenvalue weighted by Crippen LogP contribution is 2.05. The molecule has 0 spiro atoms. The Hall–Kier alpha value is -1.16. The van der Waals surface area contributed by atoms with Gasteiger partial charge in [0.25, 0.3) is 0 Å². The minimum atomic E-state index is -0.180. The summed E-state index contributed by atoms with van der Waals surface area (Å²) in [6, 6.07) is -0.180. The Morgan fingerprint density at radius 1 is 1.50 bits per heavy atom. The molecule has 1 aromatic heterocycles. The third-order valence-electron chi connectivity index (χ3n) is 1.07. The highest BCUT2D eigenvalue weighted by Gasteiger charge is 2.00. The first-order chi connectivity index (χ1) is 4.70. The quantitative estimate of drug-likeness (QED) is 0.583. The predicted molar refractivity (Wildman–Crippen MR) is 36.3 cm³/mol. The lowest BCUT2D eigenvalue weighted by Gasteiger charge is -2.00. The van der Waals surface area contributed by atoms with Crippen molar-refractivity contribution in [3.63, 3.8) is 0 Å². The minimum Gasteiger partial charge on any atom is -0.505 e. The molecule has 0 saturated carbocycles. The normalized spacial score (nSPS) is 13.0. The molecular weight excluding hydrogens is 130 g/mol. The van der Waals surface area contributed by atoms with E-state index < -0.39 is 0 Å². The molecule has 3 N–H and O–H groups in total. The second-order valence-corrected chi connectivity index (χ2v) is 2.09. The zero-order chi connectivity index (χ0) is 7.56. The number of aromatic nitrogens is 2. The topological polar surface area (TPSA) is 72.0 Å². The number of nitrogens with zero attached hydrogens (tertiary/aromatic N) is 2. The van der Waals surface area contributed by atoms with Crippen LogP contribution in [0.4, 0.5) is 0 Å². The number of hydrogen-bond donors (Lipinski definition) is 2. The molecule has 0 fully saturated rings. The molecule has 4 nitrogen and oxygen atoms in total. The second-order valence-electron chi connectivity index (χ2n) is 2.09. The first-order valence-corrected chi connectivity index (χ1v) is 2.96. The van der Waals surface area contributed by atoms with Crippen LogP contribution in [0.3, 0.4) is 0 Å². The van der Waals surface area contributed by atoms with Gasteiger partial charge in [-0.3, -0.25) is 0 Å². The molecule has 1 rings (SSSR count). The van der Waals surface area contributed by atoms with Crippen LogP contribution in [0.25, 0.3) is 0 Å². The average molecular weight is 139 g/mol. The Morgan fingerprint density at radius 3 is 2.40 bits per heavy atom. The summed E-state index contributed by atoms with van der Waals surface area (Å²) >= 11 is 0. The molecule has 10 heavy (non-hydrogen) atoms. The molecule has 0 aliphatic heterocycles. The van der Waals surface area contributed by atoms with Gasteiger partial charge in [-0.2, -0.15) is 0 Å². The minimum absolute atomic E-state index is 0.0596. The van der Waals surface area contributed by atoms with Crippen LogP contribution < -0.4 is 5.73 Å². The van der Waals surface area contributed by atoms with Crippen LogP contribution in [0.5, 0.6) is 5.75 Å². The highest BCUT2D eigenvalue weighted by molar-refractivity contribution is 5.10. The molecule has 0 aromatic carbocycles. The molecule has 1 aromatic rings. The van der Waals surface area contributed by atoms with Crippen molar-refractivity contribution in [1.82, 2.24) is 9.97 Å². The third-order valence-corrected chi connectivity index (χ3v) is 1.07. The van der Waals surface area contributed by atoms with Crippen LogP contribution in [0.2, 0.25) is 0 Å². The van der Waals surface area contributed by atoms with Gasteiger partial charge in [0.15, 0.2) is 5.75 Å². The van der Waals surface area contributed by atoms with E-state index in [9.17, 15) is 0 Å². The van der Waals surface area contributed by atoms with Crippen molar-refractivity contribution in [2.75, 3.05) is 0 Å². The van der Waals surface area contributed by atoms with Gasteiger partial charge < -0.3 is 10.8 Å². The fraction of sp³-hybridized carbons (Fsp3) is 0.333. The van der Waals surface area contributed by atoms with Crippen LogP contribution in [0.15, 0.2) is 12.4 Å². The summed E-state index contributed by atoms with van der Waals surface area (Å²) in [5, 5.41) is 8.77. The molecule has 0 radical (unpaired) electrons. The van der Waals surface area contributed by atoms with Crippen LogP contribution in [-0.4, -0.2) is 15.1 Å². The van der Waals surface area contributed by atoms with Crippen LogP contribution in [0, 0.1) is 0 Å². The first-order valence-electron chi connectivity index (χ1n) is 2.96. The van der Waals surface area contributed by atoms with Crippen LogP contribution in [0.1, 0.15) is 18.8 Å².